The Morgan fingerprint density at radius 1 is 1.05 bits per heavy atom. The van der Waals surface area contributed by atoms with E-state index in [0.717, 1.165) is 20.7 Å². The standard InChI is InChI=1S/C16H15N3O2S/c1-9-7-12(10(2)22-9)15(20)18-19-16(21)13-8-17-14-6-4-3-5-11(13)14/h3-8,17H,1-2H3,(H,18,20)(H,19,21). The zero-order chi connectivity index (χ0) is 15.7. The van der Waals surface area contributed by atoms with Crippen molar-refractivity contribution in [3.63, 3.8) is 0 Å². The fourth-order valence-corrected chi connectivity index (χ4v) is 3.29. The number of hydrogen-bond acceptors (Lipinski definition) is 3. The molecule has 112 valence electrons. The van der Waals surface area contributed by atoms with Gasteiger partial charge in [-0.2, -0.15) is 0 Å². The smallest absolute Gasteiger partial charge is 0.271 e. The Morgan fingerprint density at radius 3 is 2.41 bits per heavy atom. The molecule has 5 nitrogen and oxygen atoms in total. The number of hydrogen-bond donors (Lipinski definition) is 3. The summed E-state index contributed by atoms with van der Waals surface area (Å²) in [5.41, 5.74) is 6.88. The van der Waals surface area contributed by atoms with Gasteiger partial charge in [0.15, 0.2) is 0 Å². The zero-order valence-electron chi connectivity index (χ0n) is 12.2. The van der Waals surface area contributed by atoms with Gasteiger partial charge in [0.2, 0.25) is 0 Å². The number of hydrazine groups is 1. The van der Waals surface area contributed by atoms with Crippen LogP contribution in [-0.4, -0.2) is 16.8 Å². The van der Waals surface area contributed by atoms with Crippen molar-refractivity contribution in [3.8, 4) is 0 Å². The minimum atomic E-state index is -0.351. The summed E-state index contributed by atoms with van der Waals surface area (Å²) < 4.78 is 0. The van der Waals surface area contributed by atoms with E-state index < -0.39 is 0 Å². The summed E-state index contributed by atoms with van der Waals surface area (Å²) in [6.07, 6.45) is 1.63. The van der Waals surface area contributed by atoms with Crippen molar-refractivity contribution in [2.45, 2.75) is 13.8 Å². The van der Waals surface area contributed by atoms with Gasteiger partial charge in [0.25, 0.3) is 11.8 Å². The van der Waals surface area contributed by atoms with Crippen LogP contribution in [0.3, 0.4) is 0 Å². The van der Waals surface area contributed by atoms with Crippen LogP contribution in [0.4, 0.5) is 0 Å². The van der Waals surface area contributed by atoms with Crippen LogP contribution in [0.5, 0.6) is 0 Å². The average molecular weight is 313 g/mol. The number of amides is 2. The molecule has 0 aliphatic rings. The van der Waals surface area contributed by atoms with E-state index in [2.05, 4.69) is 15.8 Å². The highest BCUT2D eigenvalue weighted by atomic mass is 32.1. The molecule has 0 radical (unpaired) electrons. The Hall–Kier alpha value is -2.60. The van der Waals surface area contributed by atoms with Crippen LogP contribution in [0, 0.1) is 13.8 Å². The molecule has 2 amide bonds. The first-order chi connectivity index (χ1) is 10.6. The number of fused-ring (bicyclic) bond motifs is 1. The van der Waals surface area contributed by atoms with Gasteiger partial charge in [-0.15, -0.1) is 11.3 Å². The molecule has 0 aliphatic heterocycles. The number of rotatable bonds is 2. The number of H-pyrrole nitrogens is 1. The number of nitrogens with one attached hydrogen (secondary N) is 3. The van der Waals surface area contributed by atoms with E-state index in [1.807, 2.05) is 44.2 Å². The van der Waals surface area contributed by atoms with Gasteiger partial charge in [-0.05, 0) is 26.0 Å². The van der Waals surface area contributed by atoms with Gasteiger partial charge in [0, 0.05) is 26.9 Å². The highest BCUT2D eigenvalue weighted by Crippen LogP contribution is 2.20. The Balaban J connectivity index is 1.72. The molecule has 0 saturated heterocycles. The lowest BCUT2D eigenvalue weighted by Crippen LogP contribution is -2.41. The molecule has 0 bridgehead atoms. The van der Waals surface area contributed by atoms with E-state index in [-0.39, 0.29) is 11.8 Å². The molecule has 3 rings (SSSR count). The highest BCUT2D eigenvalue weighted by Gasteiger charge is 2.15. The van der Waals surface area contributed by atoms with E-state index in [1.165, 1.54) is 0 Å². The number of aromatic amines is 1. The second kappa shape index (κ2) is 5.65. The predicted octanol–water partition coefficient (Wildman–Crippen LogP) is 2.92. The molecule has 0 spiro atoms. The van der Waals surface area contributed by atoms with Gasteiger partial charge in [-0.25, -0.2) is 0 Å². The van der Waals surface area contributed by atoms with Gasteiger partial charge in [0.05, 0.1) is 11.1 Å². The third-order valence-corrected chi connectivity index (χ3v) is 4.37. The fourth-order valence-electron chi connectivity index (χ4n) is 2.36. The normalized spacial score (nSPS) is 10.6. The van der Waals surface area contributed by atoms with Crippen LogP contribution in [-0.2, 0) is 0 Å². The molecule has 0 saturated carbocycles. The number of aryl methyl sites for hydroxylation is 2. The minimum Gasteiger partial charge on any atom is -0.360 e. The first-order valence-electron chi connectivity index (χ1n) is 6.80. The molecular weight excluding hydrogens is 298 g/mol. The molecule has 0 fully saturated rings. The Morgan fingerprint density at radius 2 is 1.73 bits per heavy atom. The quantitative estimate of drug-likeness (QED) is 0.636. The van der Waals surface area contributed by atoms with Gasteiger partial charge in [-0.1, -0.05) is 18.2 Å². The first-order valence-corrected chi connectivity index (χ1v) is 7.62. The van der Waals surface area contributed by atoms with Crippen molar-refractivity contribution >= 4 is 34.1 Å². The van der Waals surface area contributed by atoms with Crippen LogP contribution in [0.15, 0.2) is 36.5 Å². The summed E-state index contributed by atoms with van der Waals surface area (Å²) in [7, 11) is 0. The van der Waals surface area contributed by atoms with E-state index in [4.69, 9.17) is 0 Å². The van der Waals surface area contributed by atoms with E-state index >= 15 is 0 Å². The summed E-state index contributed by atoms with van der Waals surface area (Å²) >= 11 is 1.55. The van der Waals surface area contributed by atoms with Crippen molar-refractivity contribution in [2.75, 3.05) is 0 Å². The molecule has 2 aromatic heterocycles. The van der Waals surface area contributed by atoms with Gasteiger partial charge >= 0.3 is 0 Å². The Bertz CT molecular complexity index is 863. The molecule has 6 heteroatoms. The summed E-state index contributed by atoms with van der Waals surface area (Å²) in [5.74, 6) is -0.662. The molecule has 22 heavy (non-hydrogen) atoms. The summed E-state index contributed by atoms with van der Waals surface area (Å²) in [5, 5.41) is 0.816. The minimum absolute atomic E-state index is 0.310. The highest BCUT2D eigenvalue weighted by molar-refractivity contribution is 7.12. The SMILES string of the molecule is Cc1cc(C(=O)NNC(=O)c2c[nH]c3ccccc23)c(C)s1. The first kappa shape index (κ1) is 14.3. The molecule has 1 aromatic carbocycles. The number of carbonyl (C=O) groups is 2. The van der Waals surface area contributed by atoms with E-state index in [9.17, 15) is 9.59 Å². The number of aromatic nitrogens is 1. The summed E-state index contributed by atoms with van der Waals surface area (Å²) in [6.45, 7) is 3.83. The monoisotopic (exact) mass is 313 g/mol. The van der Waals surface area contributed by atoms with Gasteiger partial charge in [-0.3, -0.25) is 20.4 Å². The topological polar surface area (TPSA) is 74.0 Å². The van der Waals surface area contributed by atoms with E-state index in [0.29, 0.717) is 11.1 Å². The predicted molar refractivity (Wildman–Crippen MR) is 87.0 cm³/mol. The number of carbonyl (C=O) groups excluding carboxylic acids is 2. The molecule has 0 aliphatic carbocycles. The molecular formula is C16H15N3O2S. The van der Waals surface area contributed by atoms with Crippen LogP contribution < -0.4 is 10.9 Å². The van der Waals surface area contributed by atoms with Crippen molar-refractivity contribution in [3.05, 3.63) is 57.4 Å². The summed E-state index contributed by atoms with van der Waals surface area (Å²) in [6, 6.07) is 9.32. The van der Waals surface area contributed by atoms with Crippen molar-refractivity contribution in [1.82, 2.24) is 15.8 Å². The third kappa shape index (κ3) is 2.60. The maximum absolute atomic E-state index is 12.2. The van der Waals surface area contributed by atoms with Crippen LogP contribution in [0.2, 0.25) is 0 Å². The second-order valence-corrected chi connectivity index (χ2v) is 6.44. The molecule has 3 N–H and O–H groups in total. The zero-order valence-corrected chi connectivity index (χ0v) is 13.0. The largest absolute Gasteiger partial charge is 0.360 e. The van der Waals surface area contributed by atoms with Crippen LogP contribution in [0.25, 0.3) is 10.9 Å². The number of thiophene rings is 1. The number of para-hydroxylation sites is 1. The maximum Gasteiger partial charge on any atom is 0.271 e. The Labute approximate surface area is 131 Å². The molecule has 3 aromatic rings. The van der Waals surface area contributed by atoms with Crippen LogP contribution >= 0.6 is 11.3 Å². The Kier molecular flexibility index (Phi) is 3.68. The third-order valence-electron chi connectivity index (χ3n) is 3.41. The summed E-state index contributed by atoms with van der Waals surface area (Å²) in [4.78, 5) is 29.3. The van der Waals surface area contributed by atoms with Gasteiger partial charge < -0.3 is 4.98 Å². The average Bonchev–Trinajstić information content (AvgIpc) is 3.07. The molecule has 0 atom stereocenters. The van der Waals surface area contributed by atoms with Crippen molar-refractivity contribution in [2.24, 2.45) is 0 Å². The maximum atomic E-state index is 12.2. The van der Waals surface area contributed by atoms with Crippen molar-refractivity contribution < 1.29 is 9.59 Å². The van der Waals surface area contributed by atoms with E-state index in [1.54, 1.807) is 17.5 Å². The second-order valence-electron chi connectivity index (χ2n) is 4.98. The van der Waals surface area contributed by atoms with Crippen molar-refractivity contribution in [1.29, 1.82) is 0 Å². The lowest BCUT2D eigenvalue weighted by Gasteiger charge is -2.06. The molecule has 0 unspecified atom stereocenters. The fraction of sp³-hybridized carbons (Fsp3) is 0.125. The lowest BCUT2D eigenvalue weighted by atomic mass is 10.2. The number of benzene rings is 1. The molecule has 2 heterocycles. The lowest BCUT2D eigenvalue weighted by molar-refractivity contribution is 0.0847. The van der Waals surface area contributed by atoms with Gasteiger partial charge in [0.1, 0.15) is 0 Å². The van der Waals surface area contributed by atoms with Crippen LogP contribution in [0.1, 0.15) is 30.5 Å².